The van der Waals surface area contributed by atoms with Gasteiger partial charge < -0.3 is 9.30 Å². The fraction of sp³-hybridized carbons (Fsp3) is 0.400. The molecule has 0 radical (unpaired) electrons. The standard InChI is InChI=1S/C15H19NO2/c1-4-5-7-13-14-12(3)18-9-6-8-16(14)10-11(2)15(13)17/h4-5,7,10H,6,8-9H2,1-3H3/b5-4-,13-7+. The van der Waals surface area contributed by atoms with E-state index < -0.39 is 0 Å². The Kier molecular flexibility index (Phi) is 3.70. The molecule has 0 bridgehead atoms. The maximum Gasteiger partial charge on any atom is 0.192 e. The van der Waals surface area contributed by atoms with Crippen molar-refractivity contribution in [1.82, 2.24) is 4.57 Å². The Morgan fingerprint density at radius 1 is 1.39 bits per heavy atom. The van der Waals surface area contributed by atoms with Gasteiger partial charge >= 0.3 is 0 Å². The van der Waals surface area contributed by atoms with Crippen molar-refractivity contribution in [2.24, 2.45) is 0 Å². The minimum Gasteiger partial charge on any atom is -0.496 e. The lowest BCUT2D eigenvalue weighted by Gasteiger charge is -2.07. The number of allylic oxidation sites excluding steroid dienone is 2. The molecular weight excluding hydrogens is 226 g/mol. The van der Waals surface area contributed by atoms with E-state index in [2.05, 4.69) is 4.57 Å². The summed E-state index contributed by atoms with van der Waals surface area (Å²) < 4.78 is 7.79. The van der Waals surface area contributed by atoms with Crippen molar-refractivity contribution in [3.8, 4) is 0 Å². The molecule has 1 aliphatic rings. The molecule has 1 aliphatic heterocycles. The molecule has 0 unspecified atom stereocenters. The van der Waals surface area contributed by atoms with Crippen LogP contribution in [0.2, 0.25) is 0 Å². The molecule has 0 fully saturated rings. The topological polar surface area (TPSA) is 31.2 Å². The molecule has 3 nitrogen and oxygen atoms in total. The molecule has 96 valence electrons. The van der Waals surface area contributed by atoms with Crippen LogP contribution in [0.3, 0.4) is 0 Å². The third-order valence-corrected chi connectivity index (χ3v) is 3.15. The van der Waals surface area contributed by atoms with E-state index in [0.29, 0.717) is 6.61 Å². The maximum atomic E-state index is 12.3. The van der Waals surface area contributed by atoms with Crippen molar-refractivity contribution in [1.29, 1.82) is 0 Å². The van der Waals surface area contributed by atoms with Gasteiger partial charge in [-0.25, -0.2) is 0 Å². The second-order valence-corrected chi connectivity index (χ2v) is 4.55. The number of fused-ring (bicyclic) bond motifs is 1. The Hall–Kier alpha value is -1.77. The quantitative estimate of drug-likeness (QED) is 0.741. The summed E-state index contributed by atoms with van der Waals surface area (Å²) in [5.41, 5.74) is 0.869. The molecule has 0 saturated heterocycles. The van der Waals surface area contributed by atoms with E-state index in [1.807, 2.05) is 45.2 Å². The van der Waals surface area contributed by atoms with Crippen molar-refractivity contribution < 1.29 is 4.74 Å². The zero-order valence-electron chi connectivity index (χ0n) is 11.2. The van der Waals surface area contributed by atoms with Gasteiger partial charge in [0.25, 0.3) is 0 Å². The Balaban J connectivity index is 2.94. The summed E-state index contributed by atoms with van der Waals surface area (Å²) in [6, 6.07) is 0. The van der Waals surface area contributed by atoms with Crippen LogP contribution in [0.15, 0.2) is 23.1 Å². The minimum atomic E-state index is 0.0872. The summed E-state index contributed by atoms with van der Waals surface area (Å²) in [5, 5.41) is 1.65. The Labute approximate surface area is 107 Å². The van der Waals surface area contributed by atoms with Crippen molar-refractivity contribution in [3.63, 3.8) is 0 Å². The number of pyridine rings is 1. The molecule has 1 aromatic rings. The van der Waals surface area contributed by atoms with Gasteiger partial charge in [-0.05, 0) is 33.3 Å². The monoisotopic (exact) mass is 245 g/mol. The predicted octanol–water partition coefficient (Wildman–Crippen LogP) is 1.06. The Morgan fingerprint density at radius 2 is 2.17 bits per heavy atom. The van der Waals surface area contributed by atoms with Crippen molar-refractivity contribution in [2.45, 2.75) is 33.7 Å². The van der Waals surface area contributed by atoms with Crippen molar-refractivity contribution >= 4 is 11.8 Å². The number of aromatic nitrogens is 1. The van der Waals surface area contributed by atoms with Gasteiger partial charge in [0.15, 0.2) is 5.43 Å². The van der Waals surface area contributed by atoms with E-state index in [0.717, 1.165) is 34.9 Å². The summed E-state index contributed by atoms with van der Waals surface area (Å²) in [4.78, 5) is 12.3. The molecule has 0 atom stereocenters. The predicted molar refractivity (Wildman–Crippen MR) is 73.6 cm³/mol. The molecule has 0 amide bonds. The third kappa shape index (κ3) is 2.26. The fourth-order valence-corrected chi connectivity index (χ4v) is 2.28. The molecule has 0 spiro atoms. The molecule has 0 saturated carbocycles. The van der Waals surface area contributed by atoms with E-state index in [4.69, 9.17) is 4.74 Å². The lowest BCUT2D eigenvalue weighted by molar-refractivity contribution is 0.267. The molecule has 0 aliphatic carbocycles. The first kappa shape index (κ1) is 12.7. The van der Waals surface area contributed by atoms with Gasteiger partial charge in [-0.2, -0.15) is 0 Å². The van der Waals surface area contributed by atoms with Crippen molar-refractivity contribution in [2.75, 3.05) is 6.61 Å². The summed E-state index contributed by atoms with van der Waals surface area (Å²) in [5.74, 6) is 0.834. The van der Waals surface area contributed by atoms with Crippen LogP contribution in [0.1, 0.15) is 25.8 Å². The highest BCUT2D eigenvalue weighted by atomic mass is 16.5. The maximum absolute atomic E-state index is 12.3. The summed E-state index contributed by atoms with van der Waals surface area (Å²) in [6.45, 7) is 7.34. The number of ether oxygens (including phenoxy) is 1. The van der Waals surface area contributed by atoms with Gasteiger partial charge in [0.05, 0.1) is 12.0 Å². The van der Waals surface area contributed by atoms with Crippen LogP contribution in [-0.4, -0.2) is 11.2 Å². The van der Waals surface area contributed by atoms with E-state index in [9.17, 15) is 4.79 Å². The molecule has 2 heterocycles. The van der Waals surface area contributed by atoms with Crippen LogP contribution in [0.5, 0.6) is 0 Å². The lowest BCUT2D eigenvalue weighted by atomic mass is 10.2. The molecular formula is C15H19NO2. The summed E-state index contributed by atoms with van der Waals surface area (Å²) >= 11 is 0. The minimum absolute atomic E-state index is 0.0872. The van der Waals surface area contributed by atoms with Gasteiger partial charge in [0.1, 0.15) is 5.76 Å². The second-order valence-electron chi connectivity index (χ2n) is 4.55. The zero-order valence-corrected chi connectivity index (χ0v) is 11.2. The first-order valence-electron chi connectivity index (χ1n) is 6.32. The highest BCUT2D eigenvalue weighted by Crippen LogP contribution is 2.01. The lowest BCUT2D eigenvalue weighted by Crippen LogP contribution is -2.47. The Morgan fingerprint density at radius 3 is 2.89 bits per heavy atom. The van der Waals surface area contributed by atoms with Gasteiger partial charge in [0, 0.05) is 23.5 Å². The molecule has 0 aromatic carbocycles. The average Bonchev–Trinajstić information content (AvgIpc) is 2.52. The van der Waals surface area contributed by atoms with Crippen LogP contribution >= 0.6 is 0 Å². The smallest absolute Gasteiger partial charge is 0.192 e. The number of hydrogen-bond acceptors (Lipinski definition) is 2. The fourth-order valence-electron chi connectivity index (χ4n) is 2.28. The molecule has 2 rings (SSSR count). The van der Waals surface area contributed by atoms with Gasteiger partial charge in [-0.15, -0.1) is 0 Å². The molecule has 3 heteroatoms. The summed E-state index contributed by atoms with van der Waals surface area (Å²) in [6.07, 6.45) is 8.60. The molecule has 1 aromatic heterocycles. The first-order valence-corrected chi connectivity index (χ1v) is 6.32. The number of aryl methyl sites for hydroxylation is 2. The highest BCUT2D eigenvalue weighted by molar-refractivity contribution is 5.42. The van der Waals surface area contributed by atoms with E-state index in [1.54, 1.807) is 0 Å². The third-order valence-electron chi connectivity index (χ3n) is 3.15. The normalized spacial score (nSPS) is 16.6. The van der Waals surface area contributed by atoms with Gasteiger partial charge in [-0.1, -0.05) is 12.2 Å². The molecule has 0 N–H and O–H groups in total. The molecule has 18 heavy (non-hydrogen) atoms. The van der Waals surface area contributed by atoms with Crippen molar-refractivity contribution in [3.05, 3.63) is 44.7 Å². The van der Waals surface area contributed by atoms with Crippen LogP contribution in [0.4, 0.5) is 0 Å². The van der Waals surface area contributed by atoms with E-state index in [-0.39, 0.29) is 5.43 Å². The van der Waals surface area contributed by atoms with E-state index in [1.165, 1.54) is 0 Å². The van der Waals surface area contributed by atoms with Gasteiger partial charge in [0.2, 0.25) is 0 Å². The highest BCUT2D eigenvalue weighted by Gasteiger charge is 2.09. The van der Waals surface area contributed by atoms with E-state index >= 15 is 0 Å². The SMILES string of the molecule is C/C=C\C=c1\c(=O)c(C)cn2c1=C(C)OCCC2. The number of hydrogen-bond donors (Lipinski definition) is 0. The summed E-state index contributed by atoms with van der Waals surface area (Å²) in [7, 11) is 0. The Bertz CT molecular complexity index is 650. The van der Waals surface area contributed by atoms with Crippen LogP contribution in [0, 0.1) is 6.92 Å². The van der Waals surface area contributed by atoms with Crippen LogP contribution in [-0.2, 0) is 11.3 Å². The number of rotatable bonds is 1. The first-order chi connectivity index (χ1) is 8.65. The average molecular weight is 245 g/mol. The zero-order chi connectivity index (χ0) is 13.1. The van der Waals surface area contributed by atoms with Gasteiger partial charge in [-0.3, -0.25) is 4.79 Å². The van der Waals surface area contributed by atoms with Crippen LogP contribution < -0.4 is 16.0 Å². The second kappa shape index (κ2) is 5.25. The largest absolute Gasteiger partial charge is 0.496 e. The van der Waals surface area contributed by atoms with Crippen LogP contribution in [0.25, 0.3) is 11.8 Å². The number of nitrogens with zero attached hydrogens (tertiary/aromatic N) is 1.